The average Bonchev–Trinajstić information content (AvgIpc) is 3.19. The van der Waals surface area contributed by atoms with Crippen LogP contribution >= 0.6 is 0 Å². The lowest BCUT2D eigenvalue weighted by molar-refractivity contribution is -0.0419. The summed E-state index contributed by atoms with van der Waals surface area (Å²) < 4.78 is 0. The van der Waals surface area contributed by atoms with Crippen molar-refractivity contribution in [1.29, 1.82) is 0 Å². The van der Waals surface area contributed by atoms with Crippen molar-refractivity contribution in [3.05, 3.63) is 149 Å². The first kappa shape index (κ1) is 35.9. The zero-order chi connectivity index (χ0) is 40.3. The van der Waals surface area contributed by atoms with Crippen molar-refractivity contribution < 1.29 is 0 Å². The zero-order valence-electron chi connectivity index (χ0n) is 36.3. The van der Waals surface area contributed by atoms with Crippen molar-refractivity contribution in [2.75, 3.05) is 9.80 Å². The van der Waals surface area contributed by atoms with Crippen molar-refractivity contribution in [3.63, 3.8) is 0 Å². The third kappa shape index (κ3) is 4.94. The minimum absolute atomic E-state index is 0.00272. The molecule has 3 heterocycles. The standard InChI is InChI=1S/C56H57BN2/c1-33-20-34(2)22-37(21-33)38-28-50-52-51(29-38)59-48-17-13-12-16-44(48)56(41-24-35-23-36(26-41)27-42(56)25-35)45-30-40(55(6,7)8)32-47(53(45)59)57(52)46-31-39(54(3,4)5)18-19-49(46)58(50)43-14-10-9-11-15-43/h9-22,28-32,35-36,41-42H,23-27H2,1-8H3. The van der Waals surface area contributed by atoms with Crippen LogP contribution in [-0.4, -0.2) is 6.71 Å². The highest BCUT2D eigenvalue weighted by molar-refractivity contribution is 7.00. The van der Waals surface area contributed by atoms with Gasteiger partial charge in [0.15, 0.2) is 0 Å². The number of anilines is 6. The maximum atomic E-state index is 2.78. The lowest BCUT2D eigenvalue weighted by Gasteiger charge is -2.65. The second-order valence-corrected chi connectivity index (χ2v) is 21.7. The Labute approximate surface area is 352 Å². The van der Waals surface area contributed by atoms with Gasteiger partial charge in [0.25, 0.3) is 6.71 Å². The molecular weight excluding hydrogens is 711 g/mol. The fraction of sp³-hybridized carbons (Fsp3) is 0.357. The molecule has 3 aliphatic heterocycles. The van der Waals surface area contributed by atoms with Gasteiger partial charge in [-0.15, -0.1) is 0 Å². The lowest BCUT2D eigenvalue weighted by atomic mass is 9.32. The van der Waals surface area contributed by atoms with Gasteiger partial charge < -0.3 is 9.80 Å². The SMILES string of the molecule is Cc1cc(C)cc(-c2cc3c4c(c2)N2c5ccccc5C5(c6cc(C(C)(C)C)cc(c62)B4c2cc(C(C)(C)C)ccc2N3c2ccccc2)C2CC3CC(C2)CC5C3)c1. The lowest BCUT2D eigenvalue weighted by Crippen LogP contribution is -2.64. The molecule has 2 nitrogen and oxygen atoms in total. The Balaban J connectivity index is 1.25. The quantitative estimate of drug-likeness (QED) is 0.162. The number of rotatable bonds is 2. The van der Waals surface area contributed by atoms with E-state index in [1.165, 1.54) is 116 Å². The summed E-state index contributed by atoms with van der Waals surface area (Å²) in [6.45, 7) is 19.0. The van der Waals surface area contributed by atoms with E-state index in [-0.39, 0.29) is 23.0 Å². The molecule has 0 amide bonds. The first-order valence-corrected chi connectivity index (χ1v) is 22.6. The highest BCUT2D eigenvalue weighted by atomic mass is 15.2. The summed E-state index contributed by atoms with van der Waals surface area (Å²) in [4.78, 5) is 5.38. The van der Waals surface area contributed by atoms with Crippen molar-refractivity contribution in [2.24, 2.45) is 23.7 Å². The van der Waals surface area contributed by atoms with Crippen LogP contribution in [0, 0.1) is 37.5 Å². The van der Waals surface area contributed by atoms with E-state index in [9.17, 15) is 0 Å². The Morgan fingerprint density at radius 2 is 1.10 bits per heavy atom. The van der Waals surface area contributed by atoms with Crippen LogP contribution in [0.15, 0.2) is 115 Å². The Kier molecular flexibility index (Phi) is 7.33. The second-order valence-electron chi connectivity index (χ2n) is 21.7. The van der Waals surface area contributed by atoms with Crippen molar-refractivity contribution in [3.8, 4) is 11.1 Å². The van der Waals surface area contributed by atoms with Gasteiger partial charge in [0.2, 0.25) is 0 Å². The Morgan fingerprint density at radius 3 is 1.76 bits per heavy atom. The number of fused-ring (bicyclic) bond motifs is 6. The van der Waals surface area contributed by atoms with Crippen molar-refractivity contribution in [2.45, 2.75) is 104 Å². The van der Waals surface area contributed by atoms with Gasteiger partial charge in [-0.2, -0.15) is 0 Å². The Hall–Kier alpha value is -5.02. The van der Waals surface area contributed by atoms with Gasteiger partial charge in [-0.05, 0) is 167 Å². The summed E-state index contributed by atoms with van der Waals surface area (Å²) in [6, 6.07) is 46.0. The minimum Gasteiger partial charge on any atom is -0.311 e. The molecule has 7 aliphatic rings. The molecule has 0 aromatic heterocycles. The number of hydrogen-bond acceptors (Lipinski definition) is 2. The van der Waals surface area contributed by atoms with Crippen LogP contribution in [0.1, 0.15) is 107 Å². The Morgan fingerprint density at radius 1 is 0.508 bits per heavy atom. The fourth-order valence-corrected chi connectivity index (χ4v) is 13.7. The third-order valence-electron chi connectivity index (χ3n) is 15.9. The molecule has 3 heteroatoms. The van der Waals surface area contributed by atoms with Crippen LogP contribution in [0.2, 0.25) is 0 Å². The summed E-state index contributed by atoms with van der Waals surface area (Å²) in [5.41, 5.74) is 23.7. The summed E-state index contributed by atoms with van der Waals surface area (Å²) in [5.74, 6) is 3.14. The molecule has 1 spiro atoms. The topological polar surface area (TPSA) is 6.48 Å². The van der Waals surface area contributed by atoms with Gasteiger partial charge in [-0.3, -0.25) is 0 Å². The van der Waals surface area contributed by atoms with E-state index in [2.05, 4.69) is 180 Å². The molecule has 0 radical (unpaired) electrons. The molecule has 294 valence electrons. The van der Waals surface area contributed by atoms with E-state index < -0.39 is 0 Å². The van der Waals surface area contributed by atoms with E-state index in [1.54, 1.807) is 11.1 Å². The fourth-order valence-electron chi connectivity index (χ4n) is 13.7. The minimum atomic E-state index is -0.00272. The van der Waals surface area contributed by atoms with Crippen molar-refractivity contribution in [1.82, 2.24) is 0 Å². The number of hydrogen-bond donors (Lipinski definition) is 0. The summed E-state index contributed by atoms with van der Waals surface area (Å²) >= 11 is 0. The number of benzene rings is 6. The zero-order valence-corrected chi connectivity index (χ0v) is 36.3. The van der Waals surface area contributed by atoms with Crippen LogP contribution in [-0.2, 0) is 16.2 Å². The summed E-state index contributed by atoms with van der Waals surface area (Å²) in [6.07, 6.45) is 6.96. The van der Waals surface area contributed by atoms with Gasteiger partial charge in [0.05, 0.1) is 5.69 Å². The molecule has 59 heavy (non-hydrogen) atoms. The molecular formula is C56H57BN2. The number of para-hydroxylation sites is 2. The molecule has 6 aromatic rings. The molecule has 6 aromatic carbocycles. The average molecular weight is 769 g/mol. The number of aryl methyl sites for hydroxylation is 2. The van der Waals surface area contributed by atoms with Crippen LogP contribution < -0.4 is 26.2 Å². The maximum absolute atomic E-state index is 2.78. The third-order valence-corrected chi connectivity index (χ3v) is 15.9. The maximum Gasteiger partial charge on any atom is 0.252 e. The van der Waals surface area contributed by atoms with Gasteiger partial charge >= 0.3 is 0 Å². The second kappa shape index (κ2) is 12.1. The van der Waals surface area contributed by atoms with Crippen LogP contribution in [0.3, 0.4) is 0 Å². The highest BCUT2D eigenvalue weighted by Crippen LogP contribution is 2.70. The molecule has 4 fully saturated rings. The number of nitrogens with zero attached hydrogens (tertiary/aromatic N) is 2. The molecule has 0 atom stereocenters. The van der Waals surface area contributed by atoms with Crippen molar-refractivity contribution >= 4 is 57.2 Å². The van der Waals surface area contributed by atoms with E-state index >= 15 is 0 Å². The summed E-state index contributed by atoms with van der Waals surface area (Å²) in [7, 11) is 0. The Bertz CT molecular complexity index is 2700. The molecule has 4 bridgehead atoms. The van der Waals surface area contributed by atoms with Crippen LogP contribution in [0.25, 0.3) is 11.1 Å². The molecule has 4 aliphatic carbocycles. The monoisotopic (exact) mass is 768 g/mol. The van der Waals surface area contributed by atoms with Crippen LogP contribution in [0.5, 0.6) is 0 Å². The molecule has 0 saturated heterocycles. The van der Waals surface area contributed by atoms with Gasteiger partial charge in [-0.25, -0.2) is 0 Å². The van der Waals surface area contributed by atoms with E-state index in [4.69, 9.17) is 0 Å². The molecule has 13 rings (SSSR count). The van der Waals surface area contributed by atoms with E-state index in [0.717, 1.165) is 11.8 Å². The molecule has 0 N–H and O–H groups in total. The summed E-state index contributed by atoms with van der Waals surface area (Å²) in [5, 5.41) is 0. The van der Waals surface area contributed by atoms with Gasteiger partial charge in [-0.1, -0.05) is 132 Å². The predicted octanol–water partition coefficient (Wildman–Crippen LogP) is 12.7. The highest BCUT2D eigenvalue weighted by Gasteiger charge is 2.63. The molecule has 0 unspecified atom stereocenters. The van der Waals surface area contributed by atoms with E-state index in [1.807, 2.05) is 0 Å². The predicted molar refractivity (Wildman–Crippen MR) is 251 cm³/mol. The first-order chi connectivity index (χ1) is 28.3. The largest absolute Gasteiger partial charge is 0.311 e. The van der Waals surface area contributed by atoms with Gasteiger partial charge in [0.1, 0.15) is 0 Å². The normalized spacial score (nSPS) is 24.2. The van der Waals surface area contributed by atoms with Crippen LogP contribution in [0.4, 0.5) is 34.1 Å². The first-order valence-electron chi connectivity index (χ1n) is 22.6. The molecule has 4 saturated carbocycles. The van der Waals surface area contributed by atoms with Gasteiger partial charge in [0, 0.05) is 33.9 Å². The van der Waals surface area contributed by atoms with E-state index in [0.29, 0.717) is 11.8 Å². The smallest absolute Gasteiger partial charge is 0.252 e.